The van der Waals surface area contributed by atoms with Crippen LogP contribution in [0.5, 0.6) is 0 Å². The van der Waals surface area contributed by atoms with Gasteiger partial charge in [-0.25, -0.2) is 22.6 Å². The highest BCUT2D eigenvalue weighted by Gasteiger charge is 2.51. The first-order valence-electron chi connectivity index (χ1n) is 8.22. The molecule has 0 aliphatic carbocycles. The number of aromatic nitrogens is 1. The Bertz CT molecular complexity index is 909. The van der Waals surface area contributed by atoms with Crippen molar-refractivity contribution in [3.8, 4) is 0 Å². The first-order valence-corrected chi connectivity index (χ1v) is 10.7. The van der Waals surface area contributed by atoms with E-state index < -0.39 is 43.4 Å². The number of amidine groups is 1. The summed E-state index contributed by atoms with van der Waals surface area (Å²) < 4.78 is 44.4. The Morgan fingerprint density at radius 3 is 2.48 bits per heavy atom. The van der Waals surface area contributed by atoms with Gasteiger partial charge in [-0.15, -0.1) is 0 Å². The number of sulfone groups is 1. The molecule has 0 unspecified atom stereocenters. The molecule has 150 valence electrons. The van der Waals surface area contributed by atoms with E-state index in [1.165, 1.54) is 26.8 Å². The van der Waals surface area contributed by atoms with Gasteiger partial charge in [-0.3, -0.25) is 10.3 Å². The molecule has 0 aromatic carbocycles. The summed E-state index contributed by atoms with van der Waals surface area (Å²) in [6.07, 6.45) is 0.165. The number of nitrogens with zero attached hydrogens (tertiary/aromatic N) is 2. The Morgan fingerprint density at radius 1 is 1.33 bits per heavy atom. The third kappa shape index (κ3) is 4.48. The van der Waals surface area contributed by atoms with Gasteiger partial charge in [0.15, 0.2) is 9.84 Å². The molecular weight excluding hydrogens is 441 g/mol. The number of pyridine rings is 1. The van der Waals surface area contributed by atoms with Crippen molar-refractivity contribution in [3.63, 3.8) is 0 Å². The molecular formula is C17H23BrFN3O4S. The fourth-order valence-electron chi connectivity index (χ4n) is 2.65. The predicted molar refractivity (Wildman–Crippen MR) is 104 cm³/mol. The van der Waals surface area contributed by atoms with Crippen LogP contribution in [0.15, 0.2) is 21.9 Å². The molecule has 0 fully saturated rings. The number of halogens is 2. The van der Waals surface area contributed by atoms with Gasteiger partial charge in [0.1, 0.15) is 32.1 Å². The molecule has 2 heterocycles. The van der Waals surface area contributed by atoms with Crippen molar-refractivity contribution in [3.05, 3.63) is 28.2 Å². The summed E-state index contributed by atoms with van der Waals surface area (Å²) in [5, 5.41) is 2.44. The predicted octanol–water partition coefficient (Wildman–Crippen LogP) is 3.33. The number of aliphatic imine (C=N–C) groups is 1. The first kappa shape index (κ1) is 21.7. The highest BCUT2D eigenvalue weighted by molar-refractivity contribution is 9.10. The van der Waals surface area contributed by atoms with Crippen LogP contribution in [0.4, 0.5) is 9.18 Å². The number of hydrogen-bond donors (Lipinski definition) is 1. The van der Waals surface area contributed by atoms with Gasteiger partial charge in [-0.2, -0.15) is 0 Å². The van der Waals surface area contributed by atoms with Gasteiger partial charge in [0.05, 0.1) is 11.9 Å². The van der Waals surface area contributed by atoms with Gasteiger partial charge in [0.2, 0.25) is 0 Å². The highest BCUT2D eigenvalue weighted by Crippen LogP contribution is 2.38. The molecule has 1 aromatic heterocycles. The molecule has 2 rings (SSSR count). The number of amides is 1. The Labute approximate surface area is 166 Å². The zero-order valence-corrected chi connectivity index (χ0v) is 18.5. The van der Waals surface area contributed by atoms with E-state index in [1.54, 1.807) is 20.8 Å². The Kier molecular flexibility index (Phi) is 5.48. The smallest absolute Gasteiger partial charge is 0.413 e. The van der Waals surface area contributed by atoms with Crippen LogP contribution in [0.1, 0.15) is 47.1 Å². The summed E-state index contributed by atoms with van der Waals surface area (Å²) in [6, 6.07) is 1.39. The molecule has 1 aliphatic heterocycles. The Hall–Kier alpha value is -1.55. The minimum Gasteiger partial charge on any atom is -0.444 e. The fraction of sp³-hybridized carbons (Fsp3) is 0.588. The monoisotopic (exact) mass is 463 g/mol. The van der Waals surface area contributed by atoms with Crippen LogP contribution < -0.4 is 5.32 Å². The Balaban J connectivity index is 2.57. The number of alkyl carbamates (subject to hydrolysis) is 1. The fourth-order valence-corrected chi connectivity index (χ4v) is 4.70. The third-order valence-electron chi connectivity index (χ3n) is 4.20. The van der Waals surface area contributed by atoms with E-state index in [4.69, 9.17) is 4.74 Å². The molecule has 1 aliphatic rings. The van der Waals surface area contributed by atoms with Gasteiger partial charge in [-0.1, -0.05) is 0 Å². The topological polar surface area (TPSA) is 97.7 Å². The maximum absolute atomic E-state index is 14.4. The lowest BCUT2D eigenvalue weighted by Gasteiger charge is -2.39. The molecule has 0 bridgehead atoms. The first-order chi connectivity index (χ1) is 12.1. The summed E-state index contributed by atoms with van der Waals surface area (Å²) in [7, 11) is -3.79. The van der Waals surface area contributed by atoms with Gasteiger partial charge < -0.3 is 4.74 Å². The maximum Gasteiger partial charge on any atom is 0.413 e. The maximum atomic E-state index is 14.4. The summed E-state index contributed by atoms with van der Waals surface area (Å²) in [4.78, 5) is 20.4. The lowest BCUT2D eigenvalue weighted by molar-refractivity contribution is 0.0560. The van der Waals surface area contributed by atoms with Crippen molar-refractivity contribution in [2.75, 3.05) is 5.75 Å². The van der Waals surface area contributed by atoms with Crippen molar-refractivity contribution >= 4 is 37.7 Å². The molecule has 1 N–H and O–H groups in total. The largest absolute Gasteiger partial charge is 0.444 e. The second kappa shape index (κ2) is 6.80. The van der Waals surface area contributed by atoms with Gasteiger partial charge in [0, 0.05) is 5.56 Å². The van der Waals surface area contributed by atoms with Crippen LogP contribution in [0.2, 0.25) is 0 Å². The lowest BCUT2D eigenvalue weighted by atomic mass is 9.94. The molecule has 1 atom stereocenters. The molecule has 0 saturated heterocycles. The average molecular weight is 464 g/mol. The van der Waals surface area contributed by atoms with Crippen molar-refractivity contribution in [2.45, 2.75) is 57.4 Å². The molecule has 0 saturated carbocycles. The quantitative estimate of drug-likeness (QED) is 0.643. The number of carbonyl (C=O) groups is 1. The average Bonchev–Trinajstić information content (AvgIpc) is 2.45. The summed E-state index contributed by atoms with van der Waals surface area (Å²) in [5.74, 6) is -1.20. The van der Waals surface area contributed by atoms with Crippen LogP contribution in [-0.2, 0) is 20.1 Å². The zero-order valence-electron chi connectivity index (χ0n) is 16.1. The van der Waals surface area contributed by atoms with Crippen molar-refractivity contribution < 1.29 is 22.3 Å². The highest BCUT2D eigenvalue weighted by atomic mass is 79.9. The number of rotatable bonds is 1. The number of nitrogens with one attached hydrogen (secondary N) is 1. The van der Waals surface area contributed by atoms with Crippen molar-refractivity contribution in [1.29, 1.82) is 0 Å². The number of hydrogen-bond acceptors (Lipinski definition) is 6. The molecule has 1 amide bonds. The summed E-state index contributed by atoms with van der Waals surface area (Å²) in [5.41, 5.74) is -2.14. The van der Waals surface area contributed by atoms with E-state index in [2.05, 4.69) is 31.2 Å². The number of carbonyl (C=O) groups excluding carboxylic acids is 1. The minimum atomic E-state index is -3.79. The molecule has 0 radical (unpaired) electrons. The molecule has 27 heavy (non-hydrogen) atoms. The van der Waals surface area contributed by atoms with E-state index in [0.29, 0.717) is 4.60 Å². The van der Waals surface area contributed by atoms with Gasteiger partial charge in [-0.05, 0) is 63.5 Å². The van der Waals surface area contributed by atoms with Crippen LogP contribution in [0.25, 0.3) is 0 Å². The van der Waals surface area contributed by atoms with Gasteiger partial charge >= 0.3 is 6.09 Å². The standard InChI is InChI=1S/C17H23BrFN3O4S/c1-15(2,3)26-14(23)21-13-16(4,5)27(24,25)9-17(6,22-13)10-7-12(18)20-8-11(10)19/h7-8H,9H2,1-6H3,(H,21,22,23)/t17-/m1/s1. The summed E-state index contributed by atoms with van der Waals surface area (Å²) in [6.45, 7) is 9.44. The molecule has 1 aromatic rings. The van der Waals surface area contributed by atoms with Crippen LogP contribution >= 0.6 is 15.9 Å². The van der Waals surface area contributed by atoms with E-state index in [9.17, 15) is 17.6 Å². The second-order valence-corrected chi connectivity index (χ2v) is 11.5. The van der Waals surface area contributed by atoms with Crippen LogP contribution in [0, 0.1) is 5.82 Å². The van der Waals surface area contributed by atoms with E-state index in [0.717, 1.165) is 6.20 Å². The van der Waals surface area contributed by atoms with Crippen LogP contribution in [-0.4, -0.2) is 41.4 Å². The summed E-state index contributed by atoms with van der Waals surface area (Å²) >= 11 is 3.16. The lowest BCUT2D eigenvalue weighted by Crippen LogP contribution is -2.58. The van der Waals surface area contributed by atoms with E-state index >= 15 is 0 Å². The third-order valence-corrected chi connectivity index (χ3v) is 7.32. The van der Waals surface area contributed by atoms with Crippen molar-refractivity contribution in [1.82, 2.24) is 10.3 Å². The molecule has 0 spiro atoms. The molecule has 7 nitrogen and oxygen atoms in total. The van der Waals surface area contributed by atoms with E-state index in [1.807, 2.05) is 0 Å². The molecule has 10 heteroatoms. The normalized spacial score (nSPS) is 24.1. The van der Waals surface area contributed by atoms with E-state index in [-0.39, 0.29) is 11.4 Å². The second-order valence-electron chi connectivity index (χ2n) is 8.12. The minimum absolute atomic E-state index is 0.0620. The number of ether oxygens (including phenoxy) is 1. The van der Waals surface area contributed by atoms with Crippen LogP contribution in [0.3, 0.4) is 0 Å². The SMILES string of the molecule is CC(C)(C)OC(=O)NC1=N[C@@](C)(c2cc(Br)ncc2F)CS(=O)(=O)C1(C)C. The zero-order chi connectivity index (χ0) is 20.8. The van der Waals surface area contributed by atoms with Gasteiger partial charge in [0.25, 0.3) is 0 Å². The van der Waals surface area contributed by atoms with Crippen molar-refractivity contribution in [2.24, 2.45) is 4.99 Å². The Morgan fingerprint density at radius 2 is 1.93 bits per heavy atom.